The molecule has 2 aromatic carbocycles. The highest BCUT2D eigenvalue weighted by Crippen LogP contribution is 2.11. The Morgan fingerprint density at radius 1 is 0.824 bits per heavy atom. The van der Waals surface area contributed by atoms with Crippen molar-refractivity contribution < 1.29 is 9.90 Å². The quantitative estimate of drug-likeness (QED) is 0.375. The van der Waals surface area contributed by atoms with Gasteiger partial charge in [0.05, 0.1) is 0 Å². The number of ketones is 1. The number of carbonyl (C=O) groups excluding carboxylic acids is 1. The van der Waals surface area contributed by atoms with Crippen LogP contribution in [0.2, 0.25) is 0 Å². The van der Waals surface area contributed by atoms with Gasteiger partial charge in [-0.1, -0.05) is 12.1 Å². The monoisotopic (exact) mass is 223 g/mol. The van der Waals surface area contributed by atoms with Crippen molar-refractivity contribution in [2.24, 2.45) is 0 Å². The highest BCUT2D eigenvalue weighted by Gasteiger charge is 2.16. The van der Waals surface area contributed by atoms with Crippen molar-refractivity contribution in [3.05, 3.63) is 77.9 Å². The molecule has 0 aliphatic rings. The number of aliphatic hydroxyl groups is 1. The lowest BCUT2D eigenvalue weighted by Gasteiger charge is -1.90. The summed E-state index contributed by atoms with van der Waals surface area (Å²) in [4.78, 5) is 11.7. The summed E-state index contributed by atoms with van der Waals surface area (Å²) in [6.45, 7) is 0. The van der Waals surface area contributed by atoms with Gasteiger partial charge in [-0.15, -0.1) is 0 Å². The van der Waals surface area contributed by atoms with Crippen LogP contribution in [0.3, 0.4) is 0 Å². The molecule has 0 aromatic heterocycles. The number of aliphatic hydroxyl groups excluding tert-OH is 1. The third-order valence-electron chi connectivity index (χ3n) is 2.32. The summed E-state index contributed by atoms with van der Waals surface area (Å²) in [7, 11) is 0. The van der Waals surface area contributed by atoms with Crippen molar-refractivity contribution >= 4 is 11.5 Å². The SMILES string of the molecule is O=C([C+]=C(O)c1ccccc1)c1ccccc1. The minimum Gasteiger partial charge on any atom is -0.480 e. The smallest absolute Gasteiger partial charge is 0.349 e. The molecule has 17 heavy (non-hydrogen) atoms. The number of Topliss-reactive ketones (excluding diaryl/α,β-unsaturated/α-hetero) is 1. The molecule has 0 heterocycles. The Morgan fingerprint density at radius 2 is 1.29 bits per heavy atom. The predicted octanol–water partition coefficient (Wildman–Crippen LogP) is 3.27. The van der Waals surface area contributed by atoms with Gasteiger partial charge >= 0.3 is 5.78 Å². The standard InChI is InChI=1S/C15H10O2/c16-14(12-7-3-1-4-8-12)11-15(17)13-9-5-2-6-10-13/h1-10H/p+1. The zero-order valence-electron chi connectivity index (χ0n) is 9.13. The minimum absolute atomic E-state index is 0.139. The van der Waals surface area contributed by atoms with Crippen LogP contribution in [-0.4, -0.2) is 10.9 Å². The van der Waals surface area contributed by atoms with E-state index in [2.05, 4.69) is 6.08 Å². The van der Waals surface area contributed by atoms with Gasteiger partial charge in [-0.25, -0.2) is 4.79 Å². The number of hydrogen-bond acceptors (Lipinski definition) is 2. The molecule has 0 atom stereocenters. The average molecular weight is 223 g/mol. The Bertz CT molecular complexity index is 527. The van der Waals surface area contributed by atoms with Gasteiger partial charge in [0.1, 0.15) is 17.2 Å². The van der Waals surface area contributed by atoms with Crippen LogP contribution in [0, 0.1) is 6.08 Å². The van der Waals surface area contributed by atoms with Gasteiger partial charge < -0.3 is 5.11 Å². The minimum atomic E-state index is -0.327. The molecule has 0 saturated heterocycles. The molecule has 0 aliphatic heterocycles. The molecule has 0 aliphatic carbocycles. The molecule has 0 saturated carbocycles. The molecular formula is C15H11O2+. The lowest BCUT2D eigenvalue weighted by Crippen LogP contribution is -1.96. The fraction of sp³-hybridized carbons (Fsp3) is 0. The lowest BCUT2D eigenvalue weighted by atomic mass is 10.1. The fourth-order valence-corrected chi connectivity index (χ4v) is 1.44. The van der Waals surface area contributed by atoms with E-state index in [9.17, 15) is 9.90 Å². The van der Waals surface area contributed by atoms with Crippen LogP contribution in [0.25, 0.3) is 5.76 Å². The van der Waals surface area contributed by atoms with Gasteiger partial charge in [0.25, 0.3) is 5.76 Å². The predicted molar refractivity (Wildman–Crippen MR) is 66.5 cm³/mol. The number of allylic oxidation sites excluding steroid dienone is 1. The molecule has 0 bridgehead atoms. The highest BCUT2D eigenvalue weighted by atomic mass is 16.3. The molecule has 0 fully saturated rings. The largest absolute Gasteiger partial charge is 0.480 e. The van der Waals surface area contributed by atoms with Crippen molar-refractivity contribution in [2.45, 2.75) is 0 Å². The van der Waals surface area contributed by atoms with E-state index in [-0.39, 0.29) is 11.5 Å². The third kappa shape index (κ3) is 2.77. The topological polar surface area (TPSA) is 37.3 Å². The summed E-state index contributed by atoms with van der Waals surface area (Å²) < 4.78 is 0. The number of rotatable bonds is 3. The van der Waals surface area contributed by atoms with Gasteiger partial charge in [-0.3, -0.25) is 0 Å². The summed E-state index contributed by atoms with van der Waals surface area (Å²) >= 11 is 0. The highest BCUT2D eigenvalue weighted by molar-refractivity contribution is 6.04. The first-order valence-corrected chi connectivity index (χ1v) is 5.25. The van der Waals surface area contributed by atoms with Crippen molar-refractivity contribution in [1.82, 2.24) is 0 Å². The van der Waals surface area contributed by atoms with Gasteiger partial charge in [-0.05, 0) is 24.3 Å². The number of benzene rings is 2. The Morgan fingerprint density at radius 3 is 1.82 bits per heavy atom. The van der Waals surface area contributed by atoms with Gasteiger partial charge in [-0.2, -0.15) is 0 Å². The van der Waals surface area contributed by atoms with E-state index < -0.39 is 0 Å². The third-order valence-corrected chi connectivity index (χ3v) is 2.32. The summed E-state index contributed by atoms with van der Waals surface area (Å²) in [5, 5.41) is 9.74. The van der Waals surface area contributed by atoms with E-state index >= 15 is 0 Å². The zero-order chi connectivity index (χ0) is 12.1. The molecule has 2 heteroatoms. The van der Waals surface area contributed by atoms with Crippen molar-refractivity contribution in [1.29, 1.82) is 0 Å². The summed E-state index contributed by atoms with van der Waals surface area (Å²) in [5.41, 5.74) is 1.09. The summed E-state index contributed by atoms with van der Waals surface area (Å²) in [5.74, 6) is -0.466. The summed E-state index contributed by atoms with van der Waals surface area (Å²) in [6, 6.07) is 17.6. The van der Waals surface area contributed by atoms with Gasteiger partial charge in [0, 0.05) is 24.3 Å². The molecule has 1 N–H and O–H groups in total. The number of hydrogen-bond donors (Lipinski definition) is 1. The molecule has 0 amide bonds. The second kappa shape index (κ2) is 5.06. The van der Waals surface area contributed by atoms with Crippen molar-refractivity contribution in [2.75, 3.05) is 0 Å². The van der Waals surface area contributed by atoms with E-state index in [0.717, 1.165) is 0 Å². The van der Waals surface area contributed by atoms with Crippen LogP contribution in [0.15, 0.2) is 60.7 Å². The Labute approximate surface area is 99.8 Å². The van der Waals surface area contributed by atoms with Crippen LogP contribution in [0.5, 0.6) is 0 Å². The van der Waals surface area contributed by atoms with Crippen molar-refractivity contribution in [3.8, 4) is 0 Å². The Kier molecular flexibility index (Phi) is 3.29. The van der Waals surface area contributed by atoms with E-state index in [4.69, 9.17) is 0 Å². The molecule has 0 spiro atoms. The molecule has 2 aromatic rings. The van der Waals surface area contributed by atoms with Gasteiger partial charge in [0.2, 0.25) is 0 Å². The number of carbonyl (C=O) groups is 1. The second-order valence-corrected chi connectivity index (χ2v) is 3.53. The first-order valence-electron chi connectivity index (χ1n) is 5.25. The average Bonchev–Trinajstić information content (AvgIpc) is 2.40. The second-order valence-electron chi connectivity index (χ2n) is 3.53. The Balaban J connectivity index is 2.24. The molecular weight excluding hydrogens is 212 g/mol. The molecule has 0 unspecified atom stereocenters. The normalized spacial score (nSPS) is 10.7. The van der Waals surface area contributed by atoms with E-state index in [1.165, 1.54) is 0 Å². The molecule has 82 valence electrons. The molecule has 2 rings (SSSR count). The molecule has 0 radical (unpaired) electrons. The van der Waals surface area contributed by atoms with Crippen LogP contribution in [0.4, 0.5) is 0 Å². The Hall–Kier alpha value is -2.44. The first kappa shape index (κ1) is 11.1. The molecule has 2 nitrogen and oxygen atoms in total. The maximum absolute atomic E-state index is 11.7. The zero-order valence-corrected chi connectivity index (χ0v) is 9.13. The fourth-order valence-electron chi connectivity index (χ4n) is 1.44. The van der Waals surface area contributed by atoms with E-state index in [1.54, 1.807) is 48.5 Å². The van der Waals surface area contributed by atoms with Crippen LogP contribution >= 0.6 is 0 Å². The van der Waals surface area contributed by atoms with E-state index in [0.29, 0.717) is 11.1 Å². The van der Waals surface area contributed by atoms with Crippen LogP contribution in [0.1, 0.15) is 15.9 Å². The van der Waals surface area contributed by atoms with Crippen LogP contribution in [-0.2, 0) is 0 Å². The first-order chi connectivity index (χ1) is 8.27. The summed E-state index contributed by atoms with van der Waals surface area (Å²) in [6.07, 6.45) is 2.45. The van der Waals surface area contributed by atoms with Crippen LogP contribution < -0.4 is 0 Å². The lowest BCUT2D eigenvalue weighted by molar-refractivity contribution is 0.103. The maximum Gasteiger partial charge on any atom is 0.349 e. The van der Waals surface area contributed by atoms with E-state index in [1.807, 2.05) is 12.1 Å². The van der Waals surface area contributed by atoms with Gasteiger partial charge in [0.15, 0.2) is 0 Å². The van der Waals surface area contributed by atoms with Crippen molar-refractivity contribution in [3.63, 3.8) is 0 Å². The maximum atomic E-state index is 11.7.